The minimum Gasteiger partial charge on any atom is -0.336 e. The maximum absolute atomic E-state index is 2.64. The van der Waals surface area contributed by atoms with E-state index in [2.05, 4.69) is 572 Å². The second-order valence-electron chi connectivity index (χ2n) is 47.2. The van der Waals surface area contributed by atoms with Gasteiger partial charge in [0.1, 0.15) is 0 Å². The number of benzene rings is 16. The number of hydrogen-bond donors (Lipinski definition) is 0. The van der Waals surface area contributed by atoms with Crippen molar-refractivity contribution in [3.05, 3.63) is 430 Å². The van der Waals surface area contributed by atoms with Gasteiger partial charge >= 0.3 is 0 Å². The summed E-state index contributed by atoms with van der Waals surface area (Å²) in [6, 6.07) is 130. The lowest BCUT2D eigenvalue weighted by molar-refractivity contribution is 0.535. The van der Waals surface area contributed by atoms with Crippen molar-refractivity contribution in [1.82, 2.24) is 0 Å². The molecular formula is C137H150N4. The molecule has 0 fully saturated rings. The van der Waals surface area contributed by atoms with Crippen molar-refractivity contribution in [1.29, 1.82) is 0 Å². The molecule has 0 bridgehead atoms. The normalized spacial score (nSPS) is 14.1. The van der Waals surface area contributed by atoms with Crippen LogP contribution in [0.1, 0.15) is 271 Å². The van der Waals surface area contributed by atoms with Crippen molar-refractivity contribution in [3.8, 4) is 89.0 Å². The van der Waals surface area contributed by atoms with Crippen molar-refractivity contribution in [3.63, 3.8) is 0 Å². The van der Waals surface area contributed by atoms with Crippen LogP contribution in [0.3, 0.4) is 0 Å². The molecule has 0 aliphatic heterocycles. The molecule has 0 amide bonds. The molecule has 0 heterocycles. The van der Waals surface area contributed by atoms with E-state index >= 15 is 0 Å². The van der Waals surface area contributed by atoms with E-state index in [0.717, 1.165) is 12.8 Å². The molecule has 16 aromatic rings. The van der Waals surface area contributed by atoms with Crippen LogP contribution in [0.15, 0.2) is 352 Å². The number of hydrogen-bond acceptors (Lipinski definition) is 4. The topological polar surface area (TPSA) is 13.0 Å². The van der Waals surface area contributed by atoms with Gasteiger partial charge in [0.25, 0.3) is 0 Å². The molecular weight excluding hydrogens is 1700 g/mol. The monoisotopic (exact) mass is 1850 g/mol. The van der Waals surface area contributed by atoms with Crippen molar-refractivity contribution < 1.29 is 0 Å². The van der Waals surface area contributed by atoms with Crippen LogP contribution in [0, 0.1) is 13.8 Å². The predicted octanol–water partition coefficient (Wildman–Crippen LogP) is 38.5. The Bertz CT molecular complexity index is 7270. The van der Waals surface area contributed by atoms with Gasteiger partial charge in [0.05, 0.1) is 5.69 Å². The molecule has 0 N–H and O–H groups in total. The highest BCUT2D eigenvalue weighted by Crippen LogP contribution is 2.62. The third-order valence-corrected chi connectivity index (χ3v) is 30.3. The SMILES string of the molecule is CC(C)(C)c1ccc2c(c1N(c1ccc(-c3ccccc3)cc1)C(C)(C)C)C(C)(C)c1ccccc1-2.CC(C)c1ccc2c(c1N(c1ccc(-c3ccccc3)cc1)C(C)(C)C)C(C)(C)c1ccccc1-2.CCc1cc(-c2ccccc2)ccc1N(c1c(CC)ccc2c1C(C)(C)c1ccccc1-2)C(C)(C)C.Cc1cc(-c2ccccc2)ccc1N(c1c(C)ccc2c1C(C)(C)c1ccccc1-2)C(C)(C)C. The summed E-state index contributed by atoms with van der Waals surface area (Å²) in [5.41, 5.74) is 50.6. The zero-order chi connectivity index (χ0) is 101. The van der Waals surface area contributed by atoms with Crippen molar-refractivity contribution in [2.75, 3.05) is 19.6 Å². The molecule has 0 saturated heterocycles. The molecule has 0 radical (unpaired) electrons. The standard InChI is InChI=1S/2C35H39N.C34H37N.C33H35N/c1-33(2,3)30-23-22-28-27-16-12-13-17-29(27)35(7,8)31(28)32(30)36(34(4,5)6)26-20-18-25(19-21-26)24-14-10-9-11-15-24;1-8-24-19-21-29-28-17-13-14-18-30(28)35(6,7)32(29)33(24)36(34(3,4)5)31-22-20-27(23-25(31)9-2)26-15-11-10-12-16-26;1-23(2)27-21-22-29-28-15-11-12-16-30(28)34(6,7)31(29)32(27)35(33(3,4)5)26-19-17-25(18-20-26)24-13-9-8-10-14-24;1-22-17-19-27-26-15-11-12-16-28(26)33(6,7)30(27)31(22)34(32(3,4)5)29-20-18-25(21-23(29)2)24-13-9-8-10-14-24/h9-23H,1-8H3;10-23H,8-9H2,1-7H3;8-23H,1-7H3;8-21H,1-7H3. The van der Waals surface area contributed by atoms with Crippen LogP contribution >= 0.6 is 0 Å². The number of nitrogens with zero attached hydrogens (tertiary/aromatic N) is 4. The van der Waals surface area contributed by atoms with E-state index in [1.165, 1.54) is 212 Å². The Labute approximate surface area is 846 Å². The quantitative estimate of drug-likeness (QED) is 0.101. The minimum absolute atomic E-state index is 0.00268. The van der Waals surface area contributed by atoms with E-state index in [9.17, 15) is 0 Å². The fourth-order valence-corrected chi connectivity index (χ4v) is 23.7. The van der Waals surface area contributed by atoms with E-state index in [4.69, 9.17) is 0 Å². The first-order valence-corrected chi connectivity index (χ1v) is 51.7. The summed E-state index contributed by atoms with van der Waals surface area (Å²) < 4.78 is 0. The molecule has 4 heteroatoms. The summed E-state index contributed by atoms with van der Waals surface area (Å²) in [5.74, 6) is 0.420. The lowest BCUT2D eigenvalue weighted by Crippen LogP contribution is -2.40. The van der Waals surface area contributed by atoms with Crippen LogP contribution in [0.5, 0.6) is 0 Å². The first kappa shape index (κ1) is 99.3. The van der Waals surface area contributed by atoms with Gasteiger partial charge in [-0.1, -0.05) is 407 Å². The molecule has 0 atom stereocenters. The van der Waals surface area contributed by atoms with Crippen LogP contribution in [0.4, 0.5) is 45.5 Å². The van der Waals surface area contributed by atoms with E-state index < -0.39 is 0 Å². The van der Waals surface area contributed by atoms with Gasteiger partial charge in [-0.25, -0.2) is 0 Å². The van der Waals surface area contributed by atoms with Crippen molar-refractivity contribution >= 4 is 45.5 Å². The van der Waals surface area contributed by atoms with Gasteiger partial charge in [-0.3, -0.25) is 0 Å². The first-order chi connectivity index (χ1) is 66.8. The van der Waals surface area contributed by atoms with Crippen LogP contribution in [-0.2, 0) is 39.9 Å². The molecule has 0 unspecified atom stereocenters. The Kier molecular flexibility index (Phi) is 26.7. The van der Waals surface area contributed by atoms with E-state index in [1.54, 1.807) is 0 Å². The Hall–Kier alpha value is -13.3. The summed E-state index contributed by atoms with van der Waals surface area (Å²) in [4.78, 5) is 10.4. The summed E-state index contributed by atoms with van der Waals surface area (Å²) in [7, 11) is 0. The molecule has 4 nitrogen and oxygen atoms in total. The Morgan fingerprint density at radius 2 is 0.525 bits per heavy atom. The lowest BCUT2D eigenvalue weighted by atomic mass is 9.76. The highest BCUT2D eigenvalue weighted by molar-refractivity contribution is 5.96. The number of aryl methyl sites for hydroxylation is 4. The molecule has 141 heavy (non-hydrogen) atoms. The maximum atomic E-state index is 2.64. The van der Waals surface area contributed by atoms with Crippen LogP contribution in [-0.4, -0.2) is 22.2 Å². The van der Waals surface area contributed by atoms with Crippen molar-refractivity contribution in [2.45, 2.75) is 269 Å². The average Bonchev–Trinajstić information content (AvgIpc) is 1.56. The summed E-state index contributed by atoms with van der Waals surface area (Å²) >= 11 is 0. The largest absolute Gasteiger partial charge is 0.336 e. The van der Waals surface area contributed by atoms with Gasteiger partial charge in [0.15, 0.2) is 0 Å². The summed E-state index contributed by atoms with van der Waals surface area (Å²) in [5, 5.41) is 0. The number of anilines is 8. The van der Waals surface area contributed by atoms with Gasteiger partial charge in [-0.15, -0.1) is 0 Å². The number of rotatable bonds is 15. The predicted molar refractivity (Wildman–Crippen MR) is 612 cm³/mol. The van der Waals surface area contributed by atoms with Gasteiger partial charge in [0, 0.05) is 83.6 Å². The van der Waals surface area contributed by atoms with Gasteiger partial charge < -0.3 is 19.6 Å². The molecule has 20 rings (SSSR count). The number of fused-ring (bicyclic) bond motifs is 12. The Morgan fingerprint density at radius 1 is 0.234 bits per heavy atom. The van der Waals surface area contributed by atoms with E-state index in [1.807, 2.05) is 0 Å². The highest BCUT2D eigenvalue weighted by atomic mass is 15.2. The maximum Gasteiger partial charge on any atom is 0.0501 e. The van der Waals surface area contributed by atoms with Gasteiger partial charge in [-0.05, 0) is 337 Å². The third kappa shape index (κ3) is 18.5. The zero-order valence-corrected chi connectivity index (χ0v) is 89.8. The Balaban J connectivity index is 0.000000130. The molecule has 16 aromatic carbocycles. The zero-order valence-electron chi connectivity index (χ0n) is 89.8. The van der Waals surface area contributed by atoms with E-state index in [-0.39, 0.29) is 49.2 Å². The fraction of sp³-hybridized carbons (Fsp3) is 0.299. The summed E-state index contributed by atoms with van der Waals surface area (Å²) in [6.07, 6.45) is 1.99. The van der Waals surface area contributed by atoms with Crippen LogP contribution < -0.4 is 19.6 Å². The smallest absolute Gasteiger partial charge is 0.0501 e. The molecule has 0 spiro atoms. The second-order valence-corrected chi connectivity index (χ2v) is 47.2. The van der Waals surface area contributed by atoms with Gasteiger partial charge in [-0.2, -0.15) is 0 Å². The van der Waals surface area contributed by atoms with Gasteiger partial charge in [0.2, 0.25) is 0 Å². The molecule has 718 valence electrons. The van der Waals surface area contributed by atoms with Crippen molar-refractivity contribution in [2.24, 2.45) is 0 Å². The second kappa shape index (κ2) is 38.0. The molecule has 4 aliphatic carbocycles. The van der Waals surface area contributed by atoms with Crippen LogP contribution in [0.2, 0.25) is 0 Å². The lowest BCUT2D eigenvalue weighted by Gasteiger charge is -2.44. The minimum atomic E-state index is -0.117. The molecule has 0 aromatic heterocycles. The third-order valence-electron chi connectivity index (χ3n) is 30.3. The van der Waals surface area contributed by atoms with Crippen LogP contribution in [0.25, 0.3) is 89.0 Å². The molecule has 0 saturated carbocycles. The fourth-order valence-electron chi connectivity index (χ4n) is 23.7. The Morgan fingerprint density at radius 3 is 0.887 bits per heavy atom. The first-order valence-electron chi connectivity index (χ1n) is 51.7. The molecule has 4 aliphatic rings. The highest BCUT2D eigenvalue weighted by Gasteiger charge is 2.48. The summed E-state index contributed by atoms with van der Waals surface area (Å²) in [6.45, 7) is 67.9. The average molecular weight is 1850 g/mol. The van der Waals surface area contributed by atoms with E-state index in [0.29, 0.717) is 5.92 Å².